The number of amides is 1. The molecule has 0 aromatic heterocycles. The van der Waals surface area contributed by atoms with Gasteiger partial charge in [0.1, 0.15) is 6.54 Å². The molecule has 0 aliphatic carbocycles. The monoisotopic (exact) mass is 392 g/mol. The molecule has 5 heteroatoms. The molecule has 1 fully saturated rings. The molecule has 4 rings (SSSR count). The molecule has 0 saturated carbocycles. The lowest BCUT2D eigenvalue weighted by atomic mass is 10.0. The lowest BCUT2D eigenvalue weighted by Gasteiger charge is -2.20. The van der Waals surface area contributed by atoms with E-state index in [1.165, 1.54) is 11.1 Å². The molecule has 0 unspecified atom stereocenters. The molecule has 0 radical (unpaired) electrons. The molecule has 1 heterocycles. The maximum absolute atomic E-state index is 12.5. The van der Waals surface area contributed by atoms with Gasteiger partial charge in [-0.25, -0.2) is 0 Å². The van der Waals surface area contributed by atoms with Gasteiger partial charge in [0.15, 0.2) is 5.11 Å². The molecule has 1 aliphatic heterocycles. The van der Waals surface area contributed by atoms with Gasteiger partial charge in [-0.05, 0) is 60.1 Å². The number of carbonyl (C=O) groups excluding carboxylic acids is 1. The zero-order chi connectivity index (χ0) is 18.8. The largest absolute Gasteiger partial charge is 0.309 e. The molecular weight excluding hydrogens is 376 g/mol. The van der Waals surface area contributed by atoms with Gasteiger partial charge in [-0.15, -0.1) is 0 Å². The molecule has 134 valence electrons. The number of halogens is 1. The van der Waals surface area contributed by atoms with Gasteiger partial charge in [0, 0.05) is 10.7 Å². The third-order valence-electron chi connectivity index (χ3n) is 4.53. The molecule has 3 aromatic carbocycles. The second-order valence-corrected chi connectivity index (χ2v) is 7.21. The summed E-state index contributed by atoms with van der Waals surface area (Å²) in [4.78, 5) is 15.9. The SMILES string of the molecule is O=C1CN(c2ccc(Cc3ccccc3)cc2)C(=S)N1c1cccc(Cl)c1. The fraction of sp³-hybridized carbons (Fsp3) is 0.0909. The molecule has 1 saturated heterocycles. The predicted molar refractivity (Wildman–Crippen MR) is 115 cm³/mol. The van der Waals surface area contributed by atoms with Crippen LogP contribution in [0.5, 0.6) is 0 Å². The molecule has 0 bridgehead atoms. The fourth-order valence-electron chi connectivity index (χ4n) is 3.20. The second-order valence-electron chi connectivity index (χ2n) is 6.41. The molecule has 0 atom stereocenters. The summed E-state index contributed by atoms with van der Waals surface area (Å²) in [7, 11) is 0. The van der Waals surface area contributed by atoms with Crippen LogP contribution >= 0.6 is 23.8 Å². The maximum atomic E-state index is 12.5. The van der Waals surface area contributed by atoms with E-state index in [0.717, 1.165) is 12.1 Å². The number of carbonyl (C=O) groups is 1. The van der Waals surface area contributed by atoms with Crippen molar-refractivity contribution in [3.05, 3.63) is 95.0 Å². The highest BCUT2D eigenvalue weighted by Crippen LogP contribution is 2.28. The number of hydrogen-bond acceptors (Lipinski definition) is 2. The van der Waals surface area contributed by atoms with Crippen LogP contribution in [0.25, 0.3) is 0 Å². The van der Waals surface area contributed by atoms with E-state index in [9.17, 15) is 4.79 Å². The highest BCUT2D eigenvalue weighted by atomic mass is 35.5. The van der Waals surface area contributed by atoms with E-state index >= 15 is 0 Å². The van der Waals surface area contributed by atoms with Crippen LogP contribution in [-0.4, -0.2) is 17.6 Å². The summed E-state index contributed by atoms with van der Waals surface area (Å²) >= 11 is 11.6. The zero-order valence-corrected chi connectivity index (χ0v) is 16.1. The quantitative estimate of drug-likeness (QED) is 0.579. The first-order valence-corrected chi connectivity index (χ1v) is 9.43. The van der Waals surface area contributed by atoms with Gasteiger partial charge in [-0.1, -0.05) is 60.1 Å². The first kappa shape index (κ1) is 17.7. The van der Waals surface area contributed by atoms with Crippen molar-refractivity contribution < 1.29 is 4.79 Å². The van der Waals surface area contributed by atoms with Crippen molar-refractivity contribution in [1.29, 1.82) is 0 Å². The van der Waals surface area contributed by atoms with Crippen molar-refractivity contribution >= 4 is 46.2 Å². The second kappa shape index (κ2) is 7.51. The Kier molecular flexibility index (Phi) is 4.92. The summed E-state index contributed by atoms with van der Waals surface area (Å²) < 4.78 is 0. The first-order chi connectivity index (χ1) is 13.1. The Morgan fingerprint density at radius 1 is 0.852 bits per heavy atom. The average Bonchev–Trinajstić information content (AvgIpc) is 2.97. The van der Waals surface area contributed by atoms with E-state index in [0.29, 0.717) is 15.8 Å². The van der Waals surface area contributed by atoms with Gasteiger partial charge in [0.25, 0.3) is 5.91 Å². The zero-order valence-electron chi connectivity index (χ0n) is 14.5. The first-order valence-electron chi connectivity index (χ1n) is 8.65. The Hall–Kier alpha value is -2.69. The highest BCUT2D eigenvalue weighted by molar-refractivity contribution is 7.81. The lowest BCUT2D eigenvalue weighted by molar-refractivity contribution is -0.115. The fourth-order valence-corrected chi connectivity index (χ4v) is 3.76. The number of nitrogens with zero attached hydrogens (tertiary/aromatic N) is 2. The van der Waals surface area contributed by atoms with Crippen LogP contribution in [0.2, 0.25) is 5.02 Å². The van der Waals surface area contributed by atoms with Crippen LogP contribution in [0, 0.1) is 0 Å². The number of rotatable bonds is 4. The minimum Gasteiger partial charge on any atom is -0.309 e. The van der Waals surface area contributed by atoms with E-state index in [1.54, 1.807) is 17.0 Å². The average molecular weight is 393 g/mol. The van der Waals surface area contributed by atoms with Crippen molar-refractivity contribution in [3.63, 3.8) is 0 Å². The van der Waals surface area contributed by atoms with Crippen molar-refractivity contribution in [2.45, 2.75) is 6.42 Å². The molecule has 3 aromatic rings. The molecule has 27 heavy (non-hydrogen) atoms. The van der Waals surface area contributed by atoms with Crippen LogP contribution in [0.3, 0.4) is 0 Å². The molecule has 0 N–H and O–H groups in total. The maximum Gasteiger partial charge on any atom is 0.253 e. The Morgan fingerprint density at radius 3 is 2.26 bits per heavy atom. The van der Waals surface area contributed by atoms with Gasteiger partial charge in [-0.2, -0.15) is 0 Å². The number of thiocarbonyl (C=S) groups is 1. The summed E-state index contributed by atoms with van der Waals surface area (Å²) in [6, 6.07) is 25.7. The normalized spacial score (nSPS) is 14.1. The van der Waals surface area contributed by atoms with Gasteiger partial charge in [0.2, 0.25) is 0 Å². The summed E-state index contributed by atoms with van der Waals surface area (Å²) in [6.45, 7) is 0.226. The minimum atomic E-state index is -0.0596. The van der Waals surface area contributed by atoms with E-state index in [4.69, 9.17) is 23.8 Å². The number of anilines is 2. The van der Waals surface area contributed by atoms with Crippen molar-refractivity contribution in [2.75, 3.05) is 16.3 Å². The van der Waals surface area contributed by atoms with E-state index in [1.807, 2.05) is 47.4 Å². The summed E-state index contributed by atoms with van der Waals surface area (Å²) in [5.74, 6) is -0.0596. The topological polar surface area (TPSA) is 23.6 Å². The van der Waals surface area contributed by atoms with E-state index < -0.39 is 0 Å². The Balaban J connectivity index is 1.53. The van der Waals surface area contributed by atoms with Crippen molar-refractivity contribution in [1.82, 2.24) is 0 Å². The molecule has 1 aliphatic rings. The van der Waals surface area contributed by atoms with Crippen molar-refractivity contribution in [3.8, 4) is 0 Å². The van der Waals surface area contributed by atoms with Crippen LogP contribution in [0.4, 0.5) is 11.4 Å². The molecule has 1 amide bonds. The van der Waals surface area contributed by atoms with Gasteiger partial charge in [-0.3, -0.25) is 9.69 Å². The Bertz CT molecular complexity index is 989. The van der Waals surface area contributed by atoms with Gasteiger partial charge < -0.3 is 4.90 Å². The smallest absolute Gasteiger partial charge is 0.253 e. The predicted octanol–water partition coefficient (Wildman–Crippen LogP) is 5.07. The minimum absolute atomic E-state index is 0.0596. The van der Waals surface area contributed by atoms with Crippen molar-refractivity contribution in [2.24, 2.45) is 0 Å². The molecule has 0 spiro atoms. The van der Waals surface area contributed by atoms with E-state index in [2.05, 4.69) is 24.3 Å². The number of benzene rings is 3. The van der Waals surface area contributed by atoms with Gasteiger partial charge in [0.05, 0.1) is 5.69 Å². The van der Waals surface area contributed by atoms with Gasteiger partial charge >= 0.3 is 0 Å². The highest BCUT2D eigenvalue weighted by Gasteiger charge is 2.34. The summed E-state index contributed by atoms with van der Waals surface area (Å²) in [6.07, 6.45) is 0.874. The summed E-state index contributed by atoms with van der Waals surface area (Å²) in [5, 5.41) is 1.05. The van der Waals surface area contributed by atoms with E-state index in [-0.39, 0.29) is 12.5 Å². The molecule has 3 nitrogen and oxygen atoms in total. The van der Waals surface area contributed by atoms with Crippen LogP contribution < -0.4 is 9.80 Å². The lowest BCUT2D eigenvalue weighted by Crippen LogP contribution is -2.32. The van der Waals surface area contributed by atoms with Crippen LogP contribution in [0.1, 0.15) is 11.1 Å². The summed E-state index contributed by atoms with van der Waals surface area (Å²) in [5.41, 5.74) is 4.09. The Labute approximate surface area is 168 Å². The number of hydrogen-bond donors (Lipinski definition) is 0. The Morgan fingerprint density at radius 2 is 1.56 bits per heavy atom. The molecular formula is C22H17ClN2OS. The van der Waals surface area contributed by atoms with Crippen LogP contribution in [-0.2, 0) is 11.2 Å². The third kappa shape index (κ3) is 3.72. The van der Waals surface area contributed by atoms with Crippen LogP contribution in [0.15, 0.2) is 78.9 Å². The standard InChI is InChI=1S/C22H17ClN2OS/c23-18-7-4-8-20(14-18)25-21(26)15-24(22(25)27)19-11-9-17(10-12-19)13-16-5-2-1-3-6-16/h1-12,14H,13,15H2. The third-order valence-corrected chi connectivity index (χ3v) is 5.17.